The zero-order valence-corrected chi connectivity index (χ0v) is 8.52. The molecule has 4 nitrogen and oxygen atoms in total. The summed E-state index contributed by atoms with van der Waals surface area (Å²) in [6, 6.07) is 1.94. The largest absolute Gasteiger partial charge is 0.493 e. The van der Waals surface area contributed by atoms with Crippen LogP contribution in [-0.4, -0.2) is 19.6 Å². The van der Waals surface area contributed by atoms with Crippen molar-refractivity contribution in [2.75, 3.05) is 0 Å². The molecular formula is C10H13N3O. The van der Waals surface area contributed by atoms with Gasteiger partial charge < -0.3 is 9.67 Å². The second-order valence-electron chi connectivity index (χ2n) is 3.75. The summed E-state index contributed by atoms with van der Waals surface area (Å²) in [6.07, 6.45) is 1.70. The van der Waals surface area contributed by atoms with Crippen molar-refractivity contribution in [3.05, 3.63) is 18.0 Å². The summed E-state index contributed by atoms with van der Waals surface area (Å²) < 4.78 is 1.90. The highest BCUT2D eigenvalue weighted by molar-refractivity contribution is 5.73. The molecule has 2 aromatic heterocycles. The summed E-state index contributed by atoms with van der Waals surface area (Å²) in [5, 5.41) is 9.63. The maximum atomic E-state index is 9.63. The summed E-state index contributed by atoms with van der Waals surface area (Å²) in [5.41, 5.74) is 2.40. The molecule has 0 aliphatic carbocycles. The van der Waals surface area contributed by atoms with E-state index in [1.807, 2.05) is 31.5 Å². The van der Waals surface area contributed by atoms with E-state index in [1.54, 1.807) is 6.33 Å². The third-order valence-corrected chi connectivity index (χ3v) is 2.35. The second kappa shape index (κ2) is 2.97. The first-order chi connectivity index (χ1) is 6.59. The van der Waals surface area contributed by atoms with Crippen LogP contribution in [0.5, 0.6) is 5.88 Å². The Morgan fingerprint density at radius 1 is 1.43 bits per heavy atom. The van der Waals surface area contributed by atoms with E-state index in [2.05, 4.69) is 9.97 Å². The first-order valence-electron chi connectivity index (χ1n) is 4.60. The fourth-order valence-corrected chi connectivity index (χ4v) is 1.48. The van der Waals surface area contributed by atoms with Crippen molar-refractivity contribution in [3.63, 3.8) is 0 Å². The highest BCUT2D eigenvalue weighted by atomic mass is 16.3. The first kappa shape index (κ1) is 8.99. The molecule has 14 heavy (non-hydrogen) atoms. The van der Waals surface area contributed by atoms with Crippen molar-refractivity contribution >= 4 is 11.2 Å². The van der Waals surface area contributed by atoms with Crippen molar-refractivity contribution in [1.82, 2.24) is 14.5 Å². The van der Waals surface area contributed by atoms with Gasteiger partial charge >= 0.3 is 0 Å². The molecule has 0 aliphatic rings. The highest BCUT2D eigenvalue weighted by Crippen LogP contribution is 2.26. The number of pyridine rings is 1. The lowest BCUT2D eigenvalue weighted by Crippen LogP contribution is -1.93. The lowest BCUT2D eigenvalue weighted by molar-refractivity contribution is 0.445. The predicted octanol–water partition coefficient (Wildman–Crippen LogP) is 1.80. The topological polar surface area (TPSA) is 50.9 Å². The number of imidazole rings is 1. The van der Waals surface area contributed by atoms with Crippen molar-refractivity contribution in [3.8, 4) is 5.88 Å². The SMILES string of the molecule is CC(C)c1cc2c(ncn2C)nc1O. The number of rotatable bonds is 1. The zero-order chi connectivity index (χ0) is 10.3. The van der Waals surface area contributed by atoms with Gasteiger partial charge in [0.2, 0.25) is 5.88 Å². The third-order valence-electron chi connectivity index (χ3n) is 2.35. The molecule has 0 saturated heterocycles. The number of fused-ring (bicyclic) bond motifs is 1. The van der Waals surface area contributed by atoms with Gasteiger partial charge in [0, 0.05) is 12.6 Å². The van der Waals surface area contributed by atoms with Gasteiger partial charge in [0.05, 0.1) is 11.8 Å². The van der Waals surface area contributed by atoms with Crippen molar-refractivity contribution in [2.45, 2.75) is 19.8 Å². The minimum Gasteiger partial charge on any atom is -0.493 e. The lowest BCUT2D eigenvalue weighted by atomic mass is 10.1. The van der Waals surface area contributed by atoms with E-state index in [4.69, 9.17) is 0 Å². The monoisotopic (exact) mass is 191 g/mol. The molecule has 0 bridgehead atoms. The van der Waals surface area contributed by atoms with Gasteiger partial charge in [-0.15, -0.1) is 0 Å². The van der Waals surface area contributed by atoms with Crippen LogP contribution in [0, 0.1) is 0 Å². The Morgan fingerprint density at radius 2 is 2.14 bits per heavy atom. The normalized spacial score (nSPS) is 11.4. The van der Waals surface area contributed by atoms with Gasteiger partial charge in [-0.05, 0) is 12.0 Å². The molecule has 0 unspecified atom stereocenters. The minimum atomic E-state index is 0.0891. The molecule has 2 aromatic rings. The smallest absolute Gasteiger partial charge is 0.216 e. The van der Waals surface area contributed by atoms with Gasteiger partial charge in [-0.3, -0.25) is 0 Å². The molecule has 0 fully saturated rings. The summed E-state index contributed by atoms with van der Waals surface area (Å²) in [4.78, 5) is 8.11. The van der Waals surface area contributed by atoms with E-state index in [1.165, 1.54) is 0 Å². The van der Waals surface area contributed by atoms with Crippen molar-refractivity contribution in [2.24, 2.45) is 7.05 Å². The second-order valence-corrected chi connectivity index (χ2v) is 3.75. The molecule has 0 saturated carbocycles. The Balaban J connectivity index is 2.74. The molecular weight excluding hydrogens is 178 g/mol. The number of aromatic nitrogens is 3. The standard InChI is InChI=1S/C10H13N3O/c1-6(2)7-4-8-9(12-10(7)14)11-5-13(8)3/h4-6H,1-3H3,(H,12,14). The Labute approximate surface area is 82.2 Å². The number of aromatic hydroxyl groups is 1. The Bertz CT molecular complexity index is 473. The molecule has 2 rings (SSSR count). The maximum absolute atomic E-state index is 9.63. The first-order valence-corrected chi connectivity index (χ1v) is 4.60. The van der Waals surface area contributed by atoms with Crippen LogP contribution in [0.4, 0.5) is 0 Å². The van der Waals surface area contributed by atoms with Crippen LogP contribution >= 0.6 is 0 Å². The molecule has 1 N–H and O–H groups in total. The van der Waals surface area contributed by atoms with E-state index >= 15 is 0 Å². The van der Waals surface area contributed by atoms with E-state index < -0.39 is 0 Å². The van der Waals surface area contributed by atoms with Gasteiger partial charge in [-0.2, -0.15) is 4.98 Å². The van der Waals surface area contributed by atoms with Crippen LogP contribution in [0.3, 0.4) is 0 Å². The van der Waals surface area contributed by atoms with Crippen molar-refractivity contribution in [1.29, 1.82) is 0 Å². The average molecular weight is 191 g/mol. The Morgan fingerprint density at radius 3 is 2.79 bits per heavy atom. The molecule has 2 heterocycles. The van der Waals surface area contributed by atoms with E-state index in [0.29, 0.717) is 5.65 Å². The highest BCUT2D eigenvalue weighted by Gasteiger charge is 2.11. The molecule has 0 spiro atoms. The maximum Gasteiger partial charge on any atom is 0.216 e. The lowest BCUT2D eigenvalue weighted by Gasteiger charge is -2.07. The van der Waals surface area contributed by atoms with Crippen LogP contribution in [0.2, 0.25) is 0 Å². The van der Waals surface area contributed by atoms with Crippen LogP contribution < -0.4 is 0 Å². The molecule has 0 aliphatic heterocycles. The third kappa shape index (κ3) is 1.23. The van der Waals surface area contributed by atoms with Crippen LogP contribution in [0.1, 0.15) is 25.3 Å². The van der Waals surface area contributed by atoms with Crippen LogP contribution in [0.25, 0.3) is 11.2 Å². The van der Waals surface area contributed by atoms with Gasteiger partial charge in [-0.25, -0.2) is 4.98 Å². The number of hydrogen-bond acceptors (Lipinski definition) is 3. The summed E-state index contributed by atoms with van der Waals surface area (Å²) in [5.74, 6) is 0.355. The van der Waals surface area contributed by atoms with Gasteiger partial charge in [-0.1, -0.05) is 13.8 Å². The zero-order valence-electron chi connectivity index (χ0n) is 8.52. The van der Waals surface area contributed by atoms with Crippen LogP contribution in [-0.2, 0) is 7.05 Å². The number of aryl methyl sites for hydroxylation is 1. The van der Waals surface area contributed by atoms with Crippen molar-refractivity contribution < 1.29 is 5.11 Å². The summed E-state index contributed by atoms with van der Waals surface area (Å²) in [6.45, 7) is 4.05. The Kier molecular flexibility index (Phi) is 1.91. The summed E-state index contributed by atoms with van der Waals surface area (Å²) in [7, 11) is 1.91. The van der Waals surface area contributed by atoms with E-state index in [9.17, 15) is 5.11 Å². The molecule has 0 radical (unpaired) electrons. The number of hydrogen-bond donors (Lipinski definition) is 1. The van der Waals surface area contributed by atoms with Gasteiger partial charge in [0.25, 0.3) is 0 Å². The van der Waals surface area contributed by atoms with E-state index in [-0.39, 0.29) is 11.8 Å². The number of nitrogens with zero attached hydrogens (tertiary/aromatic N) is 3. The van der Waals surface area contributed by atoms with E-state index in [0.717, 1.165) is 11.1 Å². The molecule has 74 valence electrons. The van der Waals surface area contributed by atoms with Gasteiger partial charge in [0.15, 0.2) is 5.65 Å². The van der Waals surface area contributed by atoms with Crippen LogP contribution in [0.15, 0.2) is 12.4 Å². The average Bonchev–Trinajstić information content (AvgIpc) is 2.46. The molecule has 4 heteroatoms. The summed E-state index contributed by atoms with van der Waals surface area (Å²) >= 11 is 0. The molecule has 0 amide bonds. The molecule has 0 aromatic carbocycles. The fourth-order valence-electron chi connectivity index (χ4n) is 1.48. The van der Waals surface area contributed by atoms with Gasteiger partial charge in [0.1, 0.15) is 0 Å². The molecule has 0 atom stereocenters. The minimum absolute atomic E-state index is 0.0891. The fraction of sp³-hybridized carbons (Fsp3) is 0.400. The predicted molar refractivity (Wildman–Crippen MR) is 54.3 cm³/mol. The quantitative estimate of drug-likeness (QED) is 0.747. The Hall–Kier alpha value is -1.58.